The predicted molar refractivity (Wildman–Crippen MR) is 84.1 cm³/mol. The van der Waals surface area contributed by atoms with Crippen LogP contribution in [0.5, 0.6) is 0 Å². The standard InChI is InChI=1S/C14H8Cl3F3N2/c15-9-5-11(16)13(12(17)6-9)22-21-7-8-3-1-2-4-10(8)14(18,19)20/h1-7,22H. The molecule has 0 heterocycles. The molecule has 2 aromatic rings. The molecular weight excluding hydrogens is 360 g/mol. The molecule has 2 rings (SSSR count). The van der Waals surface area contributed by atoms with Crippen molar-refractivity contribution in [3.05, 3.63) is 62.6 Å². The van der Waals surface area contributed by atoms with Crippen LogP contribution in [0.4, 0.5) is 18.9 Å². The van der Waals surface area contributed by atoms with Gasteiger partial charge >= 0.3 is 6.18 Å². The van der Waals surface area contributed by atoms with Crippen LogP contribution in [0.25, 0.3) is 0 Å². The van der Waals surface area contributed by atoms with E-state index in [-0.39, 0.29) is 21.3 Å². The van der Waals surface area contributed by atoms with Gasteiger partial charge in [0.25, 0.3) is 0 Å². The zero-order chi connectivity index (χ0) is 16.3. The van der Waals surface area contributed by atoms with Gasteiger partial charge in [-0.05, 0) is 18.2 Å². The number of hydrogen-bond donors (Lipinski definition) is 1. The highest BCUT2D eigenvalue weighted by Crippen LogP contribution is 2.34. The van der Waals surface area contributed by atoms with Crippen LogP contribution >= 0.6 is 34.8 Å². The van der Waals surface area contributed by atoms with Crippen LogP contribution < -0.4 is 5.43 Å². The topological polar surface area (TPSA) is 24.4 Å². The van der Waals surface area contributed by atoms with E-state index in [2.05, 4.69) is 10.5 Å². The van der Waals surface area contributed by atoms with Crippen molar-refractivity contribution in [3.63, 3.8) is 0 Å². The Kier molecular flexibility index (Phi) is 5.21. The highest BCUT2D eigenvalue weighted by molar-refractivity contribution is 6.41. The summed E-state index contributed by atoms with van der Waals surface area (Å²) in [6.07, 6.45) is -3.41. The monoisotopic (exact) mass is 366 g/mol. The Morgan fingerprint density at radius 1 is 1.00 bits per heavy atom. The summed E-state index contributed by atoms with van der Waals surface area (Å²) in [4.78, 5) is 0. The second-order valence-corrected chi connectivity index (χ2v) is 5.45. The first-order chi connectivity index (χ1) is 10.3. The average molecular weight is 368 g/mol. The second-order valence-electron chi connectivity index (χ2n) is 4.20. The third-order valence-corrected chi connectivity index (χ3v) is 3.47. The largest absolute Gasteiger partial charge is 0.417 e. The first kappa shape index (κ1) is 16.9. The average Bonchev–Trinajstić information content (AvgIpc) is 2.41. The van der Waals surface area contributed by atoms with Crippen molar-refractivity contribution in [2.45, 2.75) is 6.18 Å². The highest BCUT2D eigenvalue weighted by Gasteiger charge is 2.32. The van der Waals surface area contributed by atoms with Crippen molar-refractivity contribution in [2.75, 3.05) is 5.43 Å². The summed E-state index contributed by atoms with van der Waals surface area (Å²) in [5, 5.41) is 4.50. The highest BCUT2D eigenvalue weighted by atomic mass is 35.5. The molecule has 1 N–H and O–H groups in total. The van der Waals surface area contributed by atoms with Crippen LogP contribution in [0.2, 0.25) is 15.1 Å². The molecular formula is C14H8Cl3F3N2. The van der Waals surface area contributed by atoms with Gasteiger partial charge < -0.3 is 0 Å². The Balaban J connectivity index is 2.25. The van der Waals surface area contributed by atoms with Gasteiger partial charge in [0.2, 0.25) is 0 Å². The molecule has 2 nitrogen and oxygen atoms in total. The fraction of sp³-hybridized carbons (Fsp3) is 0.0714. The van der Waals surface area contributed by atoms with E-state index in [1.165, 1.54) is 30.3 Å². The maximum absolute atomic E-state index is 12.8. The quantitative estimate of drug-likeness (QED) is 0.513. The van der Waals surface area contributed by atoms with Gasteiger partial charge in [-0.15, -0.1) is 0 Å². The normalized spacial score (nSPS) is 11.9. The maximum atomic E-state index is 12.8. The number of hydrogen-bond acceptors (Lipinski definition) is 2. The lowest BCUT2D eigenvalue weighted by atomic mass is 10.1. The Labute approximate surface area is 139 Å². The molecule has 116 valence electrons. The molecule has 0 aliphatic heterocycles. The molecule has 0 bridgehead atoms. The van der Waals surface area contributed by atoms with Crippen molar-refractivity contribution in [3.8, 4) is 0 Å². The molecule has 0 radical (unpaired) electrons. The molecule has 8 heteroatoms. The van der Waals surface area contributed by atoms with Gasteiger partial charge in [0.05, 0.1) is 27.5 Å². The van der Waals surface area contributed by atoms with Crippen LogP contribution in [0.3, 0.4) is 0 Å². The molecule has 0 aliphatic carbocycles. The molecule has 0 aromatic heterocycles. The third kappa shape index (κ3) is 4.06. The summed E-state index contributed by atoms with van der Waals surface area (Å²) < 4.78 is 38.5. The molecule has 0 fully saturated rings. The number of alkyl halides is 3. The number of benzene rings is 2. The molecule has 0 atom stereocenters. The first-order valence-corrected chi connectivity index (χ1v) is 7.02. The Morgan fingerprint density at radius 3 is 2.18 bits per heavy atom. The molecule has 22 heavy (non-hydrogen) atoms. The van der Waals surface area contributed by atoms with E-state index in [1.807, 2.05) is 0 Å². The van der Waals surface area contributed by atoms with Crippen LogP contribution in [-0.2, 0) is 6.18 Å². The SMILES string of the molecule is FC(F)(F)c1ccccc1C=NNc1c(Cl)cc(Cl)cc1Cl. The zero-order valence-corrected chi connectivity index (χ0v) is 13.0. The second kappa shape index (κ2) is 6.77. The van der Waals surface area contributed by atoms with Gasteiger partial charge in [0, 0.05) is 10.6 Å². The number of halogens is 6. The zero-order valence-electron chi connectivity index (χ0n) is 10.8. The van der Waals surface area contributed by atoms with E-state index in [9.17, 15) is 13.2 Å². The minimum atomic E-state index is -4.46. The molecule has 0 saturated carbocycles. The van der Waals surface area contributed by atoms with Gasteiger partial charge in [-0.25, -0.2) is 0 Å². The van der Waals surface area contributed by atoms with Crippen molar-refractivity contribution in [1.29, 1.82) is 0 Å². The van der Waals surface area contributed by atoms with E-state index >= 15 is 0 Å². The fourth-order valence-electron chi connectivity index (χ4n) is 1.68. The third-order valence-electron chi connectivity index (χ3n) is 2.65. The number of nitrogens with one attached hydrogen (secondary N) is 1. The summed E-state index contributed by atoms with van der Waals surface area (Å²) >= 11 is 17.6. The van der Waals surface area contributed by atoms with Crippen LogP contribution in [0.15, 0.2) is 41.5 Å². The lowest BCUT2D eigenvalue weighted by Gasteiger charge is -2.10. The Morgan fingerprint density at radius 2 is 1.59 bits per heavy atom. The maximum Gasteiger partial charge on any atom is 0.417 e. The molecule has 0 amide bonds. The molecule has 0 unspecified atom stereocenters. The number of hydrazone groups is 1. The fourth-order valence-corrected chi connectivity index (χ4v) is 2.58. The molecule has 0 saturated heterocycles. The molecule has 0 aliphatic rings. The van der Waals surface area contributed by atoms with Crippen LogP contribution in [0.1, 0.15) is 11.1 Å². The van der Waals surface area contributed by atoms with Crippen molar-refractivity contribution in [1.82, 2.24) is 0 Å². The predicted octanol–water partition coefficient (Wildman–Crippen LogP) is 6.11. The van der Waals surface area contributed by atoms with Crippen LogP contribution in [-0.4, -0.2) is 6.21 Å². The van der Waals surface area contributed by atoms with Crippen molar-refractivity contribution >= 4 is 46.7 Å². The van der Waals surface area contributed by atoms with E-state index in [0.29, 0.717) is 5.02 Å². The van der Waals surface area contributed by atoms with Gasteiger partial charge in [-0.2, -0.15) is 18.3 Å². The summed E-state index contributed by atoms with van der Waals surface area (Å²) in [5.41, 5.74) is 1.91. The van der Waals surface area contributed by atoms with E-state index in [4.69, 9.17) is 34.8 Å². The number of rotatable bonds is 3. The summed E-state index contributed by atoms with van der Waals surface area (Å²) in [7, 11) is 0. The Bertz CT molecular complexity index is 692. The van der Waals surface area contributed by atoms with Gasteiger partial charge in [-0.3, -0.25) is 5.43 Å². The van der Waals surface area contributed by atoms with Crippen molar-refractivity contribution < 1.29 is 13.2 Å². The minimum absolute atomic E-state index is 0.0799. The lowest BCUT2D eigenvalue weighted by Crippen LogP contribution is -2.08. The summed E-state index contributed by atoms with van der Waals surface area (Å²) in [6.45, 7) is 0. The summed E-state index contributed by atoms with van der Waals surface area (Å²) in [6, 6.07) is 7.95. The lowest BCUT2D eigenvalue weighted by molar-refractivity contribution is -0.137. The van der Waals surface area contributed by atoms with Gasteiger partial charge in [0.1, 0.15) is 0 Å². The van der Waals surface area contributed by atoms with Gasteiger partial charge in [0.15, 0.2) is 0 Å². The van der Waals surface area contributed by atoms with E-state index in [0.717, 1.165) is 12.3 Å². The minimum Gasteiger partial charge on any atom is -0.275 e. The van der Waals surface area contributed by atoms with E-state index < -0.39 is 11.7 Å². The summed E-state index contributed by atoms with van der Waals surface area (Å²) in [5.74, 6) is 0. The molecule has 2 aromatic carbocycles. The number of nitrogens with zero attached hydrogens (tertiary/aromatic N) is 1. The number of anilines is 1. The smallest absolute Gasteiger partial charge is 0.275 e. The Hall–Kier alpha value is -1.43. The molecule has 0 spiro atoms. The first-order valence-electron chi connectivity index (χ1n) is 5.89. The van der Waals surface area contributed by atoms with Crippen molar-refractivity contribution in [2.24, 2.45) is 5.10 Å². The van der Waals surface area contributed by atoms with E-state index in [1.54, 1.807) is 0 Å². The van der Waals surface area contributed by atoms with Crippen LogP contribution in [0, 0.1) is 0 Å². The van der Waals surface area contributed by atoms with Gasteiger partial charge in [-0.1, -0.05) is 53.0 Å².